The molecule has 0 aromatic carbocycles. The van der Waals surface area contributed by atoms with Crippen LogP contribution in [0.3, 0.4) is 0 Å². The predicted molar refractivity (Wildman–Crippen MR) is 60.3 cm³/mol. The Morgan fingerprint density at radius 2 is 2.13 bits per heavy atom. The van der Waals surface area contributed by atoms with Crippen LogP contribution in [-0.4, -0.2) is 28.6 Å². The highest BCUT2D eigenvalue weighted by molar-refractivity contribution is 5.92. The van der Waals surface area contributed by atoms with Gasteiger partial charge in [0.05, 0.1) is 11.7 Å². The van der Waals surface area contributed by atoms with Crippen molar-refractivity contribution < 1.29 is 4.79 Å². The summed E-state index contributed by atoms with van der Waals surface area (Å²) in [5.41, 5.74) is -0.152. The van der Waals surface area contributed by atoms with Gasteiger partial charge in [-0.25, -0.2) is 0 Å². The zero-order valence-electron chi connectivity index (χ0n) is 10.2. The van der Waals surface area contributed by atoms with Crippen LogP contribution in [0.4, 0.5) is 0 Å². The van der Waals surface area contributed by atoms with Crippen LogP contribution in [0.25, 0.3) is 0 Å². The molecule has 0 aromatic rings. The second-order valence-corrected chi connectivity index (χ2v) is 5.24. The van der Waals surface area contributed by atoms with Crippen molar-refractivity contribution in [3.05, 3.63) is 0 Å². The van der Waals surface area contributed by atoms with E-state index in [2.05, 4.69) is 37.9 Å². The van der Waals surface area contributed by atoms with Crippen LogP contribution in [-0.2, 0) is 4.79 Å². The third kappa shape index (κ3) is 1.57. The van der Waals surface area contributed by atoms with Gasteiger partial charge < -0.3 is 4.90 Å². The van der Waals surface area contributed by atoms with Gasteiger partial charge in [-0.15, -0.1) is 0 Å². The van der Waals surface area contributed by atoms with Crippen molar-refractivity contribution in [1.29, 1.82) is 0 Å². The fourth-order valence-electron chi connectivity index (χ4n) is 2.59. The summed E-state index contributed by atoms with van der Waals surface area (Å²) in [4.78, 5) is 14.3. The van der Waals surface area contributed by atoms with E-state index in [1.807, 2.05) is 0 Å². The molecule has 2 rings (SSSR count). The Balaban J connectivity index is 2.12. The van der Waals surface area contributed by atoms with E-state index in [0.717, 1.165) is 19.3 Å². The van der Waals surface area contributed by atoms with Crippen LogP contribution in [0.1, 0.15) is 47.0 Å². The Morgan fingerprint density at radius 3 is 2.53 bits per heavy atom. The van der Waals surface area contributed by atoms with Crippen molar-refractivity contribution in [2.75, 3.05) is 0 Å². The lowest BCUT2D eigenvalue weighted by Crippen LogP contribution is -2.44. The predicted octanol–water partition coefficient (Wildman–Crippen LogP) is 1.73. The Morgan fingerprint density at radius 1 is 1.53 bits per heavy atom. The standard InChI is InChI=1S/C12H22N2O/c1-5-8(2)9(3)14-10(4)13-12(6-7-12)11(14)15/h8-10,13H,5-7H2,1-4H3. The van der Waals surface area contributed by atoms with Gasteiger partial charge in [-0.1, -0.05) is 20.3 Å². The van der Waals surface area contributed by atoms with Gasteiger partial charge in [0, 0.05) is 6.04 Å². The van der Waals surface area contributed by atoms with E-state index in [1.54, 1.807) is 0 Å². The van der Waals surface area contributed by atoms with E-state index in [4.69, 9.17) is 0 Å². The first-order valence-corrected chi connectivity index (χ1v) is 6.12. The lowest BCUT2D eigenvalue weighted by Gasteiger charge is -2.32. The molecule has 1 aliphatic heterocycles. The molecule has 1 N–H and O–H groups in total. The van der Waals surface area contributed by atoms with Crippen molar-refractivity contribution in [3.63, 3.8) is 0 Å². The minimum Gasteiger partial charge on any atom is -0.323 e. The molecule has 0 radical (unpaired) electrons. The lowest BCUT2D eigenvalue weighted by molar-refractivity contribution is -0.133. The van der Waals surface area contributed by atoms with E-state index < -0.39 is 0 Å². The molecule has 1 spiro atoms. The number of nitrogens with one attached hydrogen (secondary N) is 1. The van der Waals surface area contributed by atoms with Crippen molar-refractivity contribution in [2.45, 2.75) is 64.7 Å². The summed E-state index contributed by atoms with van der Waals surface area (Å²) in [5, 5.41) is 3.44. The zero-order valence-corrected chi connectivity index (χ0v) is 10.2. The van der Waals surface area contributed by atoms with Crippen LogP contribution in [0.2, 0.25) is 0 Å². The summed E-state index contributed by atoms with van der Waals surface area (Å²) in [6.45, 7) is 8.69. The maximum Gasteiger partial charge on any atom is 0.244 e. The topological polar surface area (TPSA) is 32.3 Å². The van der Waals surface area contributed by atoms with Gasteiger partial charge in [-0.3, -0.25) is 10.1 Å². The van der Waals surface area contributed by atoms with Crippen molar-refractivity contribution in [2.24, 2.45) is 5.92 Å². The van der Waals surface area contributed by atoms with Gasteiger partial charge in [0.2, 0.25) is 5.91 Å². The highest BCUT2D eigenvalue weighted by Gasteiger charge is 2.59. The normalized spacial score (nSPS) is 32.1. The molecule has 1 saturated carbocycles. The second kappa shape index (κ2) is 3.48. The second-order valence-electron chi connectivity index (χ2n) is 5.24. The summed E-state index contributed by atoms with van der Waals surface area (Å²) < 4.78 is 0. The maximum absolute atomic E-state index is 12.2. The summed E-state index contributed by atoms with van der Waals surface area (Å²) in [7, 11) is 0. The molecule has 15 heavy (non-hydrogen) atoms. The fraction of sp³-hybridized carbons (Fsp3) is 0.917. The van der Waals surface area contributed by atoms with Crippen LogP contribution >= 0.6 is 0 Å². The van der Waals surface area contributed by atoms with Gasteiger partial charge in [0.1, 0.15) is 0 Å². The largest absolute Gasteiger partial charge is 0.323 e. The first-order valence-electron chi connectivity index (χ1n) is 6.12. The molecule has 1 saturated heterocycles. The molecule has 3 unspecified atom stereocenters. The zero-order chi connectivity index (χ0) is 11.2. The minimum atomic E-state index is -0.152. The Labute approximate surface area is 92.2 Å². The number of hydrogen-bond donors (Lipinski definition) is 1. The quantitative estimate of drug-likeness (QED) is 0.769. The molecule has 0 bridgehead atoms. The minimum absolute atomic E-state index is 0.152. The average Bonchev–Trinajstić information content (AvgIpc) is 2.92. The summed E-state index contributed by atoms with van der Waals surface area (Å²) in [5.74, 6) is 0.912. The van der Waals surface area contributed by atoms with E-state index in [0.29, 0.717) is 17.9 Å². The van der Waals surface area contributed by atoms with E-state index in [-0.39, 0.29) is 11.7 Å². The van der Waals surface area contributed by atoms with Gasteiger partial charge in [0.15, 0.2) is 0 Å². The first kappa shape index (κ1) is 10.9. The van der Waals surface area contributed by atoms with Crippen molar-refractivity contribution >= 4 is 5.91 Å². The van der Waals surface area contributed by atoms with E-state index in [9.17, 15) is 4.79 Å². The van der Waals surface area contributed by atoms with Crippen LogP contribution in [0.5, 0.6) is 0 Å². The molecular formula is C12H22N2O. The lowest BCUT2D eigenvalue weighted by atomic mass is 9.99. The SMILES string of the molecule is CCC(C)C(C)N1C(=O)C2(CC2)NC1C. The summed E-state index contributed by atoms with van der Waals surface area (Å²) in [6.07, 6.45) is 3.40. The van der Waals surface area contributed by atoms with Gasteiger partial charge in [-0.2, -0.15) is 0 Å². The third-order valence-electron chi connectivity index (χ3n) is 4.20. The molecule has 3 atom stereocenters. The number of carbonyl (C=O) groups is 1. The molecule has 2 fully saturated rings. The maximum atomic E-state index is 12.2. The highest BCUT2D eigenvalue weighted by atomic mass is 16.2. The Kier molecular flexibility index (Phi) is 2.53. The molecule has 0 aromatic heterocycles. The fourth-order valence-corrected chi connectivity index (χ4v) is 2.59. The van der Waals surface area contributed by atoms with Gasteiger partial charge >= 0.3 is 0 Å². The number of rotatable bonds is 3. The van der Waals surface area contributed by atoms with Crippen LogP contribution in [0.15, 0.2) is 0 Å². The van der Waals surface area contributed by atoms with Gasteiger partial charge in [-0.05, 0) is 32.6 Å². The molecular weight excluding hydrogens is 188 g/mol. The van der Waals surface area contributed by atoms with E-state index >= 15 is 0 Å². The smallest absolute Gasteiger partial charge is 0.244 e. The molecule has 1 heterocycles. The molecule has 3 heteroatoms. The molecule has 2 aliphatic rings. The van der Waals surface area contributed by atoms with Crippen molar-refractivity contribution in [1.82, 2.24) is 10.2 Å². The number of hydrogen-bond acceptors (Lipinski definition) is 2. The average molecular weight is 210 g/mol. The number of amides is 1. The molecule has 86 valence electrons. The van der Waals surface area contributed by atoms with E-state index in [1.165, 1.54) is 0 Å². The molecule has 1 aliphatic carbocycles. The Bertz CT molecular complexity index is 273. The number of carbonyl (C=O) groups excluding carboxylic acids is 1. The number of nitrogens with zero attached hydrogens (tertiary/aromatic N) is 1. The first-order chi connectivity index (χ1) is 7.02. The third-order valence-corrected chi connectivity index (χ3v) is 4.20. The van der Waals surface area contributed by atoms with Gasteiger partial charge in [0.25, 0.3) is 0 Å². The Hall–Kier alpha value is -0.570. The summed E-state index contributed by atoms with van der Waals surface area (Å²) in [6, 6.07) is 0.352. The van der Waals surface area contributed by atoms with Crippen LogP contribution < -0.4 is 5.32 Å². The molecule has 3 nitrogen and oxygen atoms in total. The summed E-state index contributed by atoms with van der Waals surface area (Å²) >= 11 is 0. The van der Waals surface area contributed by atoms with Crippen LogP contribution in [0, 0.1) is 5.92 Å². The molecule has 1 amide bonds. The highest BCUT2D eigenvalue weighted by Crippen LogP contribution is 2.43. The van der Waals surface area contributed by atoms with Crippen molar-refractivity contribution in [3.8, 4) is 0 Å². The monoisotopic (exact) mass is 210 g/mol.